The average molecular weight is 373 g/mol. The lowest BCUT2D eigenvalue weighted by molar-refractivity contribution is -0.385. The molecule has 0 amide bonds. The highest BCUT2D eigenvalue weighted by atomic mass is 16.6. The number of hydrogen-bond acceptors (Lipinski definition) is 7. The van der Waals surface area contributed by atoms with Crippen LogP contribution in [0.1, 0.15) is 21.5 Å². The quantitative estimate of drug-likeness (QED) is 0.303. The summed E-state index contributed by atoms with van der Waals surface area (Å²) in [5.74, 6) is -0.234. The summed E-state index contributed by atoms with van der Waals surface area (Å²) in [6.45, 7) is 0. The molecule has 0 aliphatic rings. The van der Waals surface area contributed by atoms with Crippen LogP contribution in [0.25, 0.3) is 0 Å². The van der Waals surface area contributed by atoms with Crippen molar-refractivity contribution in [2.45, 2.75) is 12.8 Å². The molecular weight excluding hydrogens is 354 g/mol. The number of methoxy groups -OCH3 is 3. The van der Waals surface area contributed by atoms with Crippen molar-refractivity contribution in [2.75, 3.05) is 21.3 Å². The Morgan fingerprint density at radius 3 is 2.19 bits per heavy atom. The van der Waals surface area contributed by atoms with Gasteiger partial charge in [-0.1, -0.05) is 18.2 Å². The van der Waals surface area contributed by atoms with E-state index in [1.807, 2.05) is 0 Å². The molecule has 2 aromatic carbocycles. The summed E-state index contributed by atoms with van der Waals surface area (Å²) in [5.41, 5.74) is 0.756. The molecule has 0 bridgehead atoms. The number of carbonyl (C=O) groups excluding carboxylic acids is 2. The Balaban J connectivity index is 2.47. The van der Waals surface area contributed by atoms with Gasteiger partial charge in [-0.25, -0.2) is 0 Å². The van der Waals surface area contributed by atoms with Crippen molar-refractivity contribution < 1.29 is 28.7 Å². The summed E-state index contributed by atoms with van der Waals surface area (Å²) in [6, 6.07) is 9.02. The molecule has 142 valence electrons. The summed E-state index contributed by atoms with van der Waals surface area (Å²) in [4.78, 5) is 35.2. The SMILES string of the molecule is COC(=O)Cc1cc(OC)c(OC)cc1C(=O)Cc1ccccc1[N+](=O)[O-]. The lowest BCUT2D eigenvalue weighted by atomic mass is 9.95. The first-order valence-corrected chi connectivity index (χ1v) is 7.98. The van der Waals surface area contributed by atoms with Crippen LogP contribution in [0, 0.1) is 10.1 Å². The van der Waals surface area contributed by atoms with Crippen molar-refractivity contribution >= 4 is 17.4 Å². The molecule has 0 heterocycles. The Labute approximate surface area is 155 Å². The molecule has 27 heavy (non-hydrogen) atoms. The second kappa shape index (κ2) is 8.79. The fourth-order valence-corrected chi connectivity index (χ4v) is 2.66. The third-order valence-electron chi connectivity index (χ3n) is 4.01. The van der Waals surface area contributed by atoms with Gasteiger partial charge in [0.25, 0.3) is 5.69 Å². The maximum atomic E-state index is 12.9. The Bertz CT molecular complexity index is 876. The molecule has 0 spiro atoms. The van der Waals surface area contributed by atoms with Crippen molar-refractivity contribution in [3.8, 4) is 11.5 Å². The van der Waals surface area contributed by atoms with Crippen LogP contribution in [0.4, 0.5) is 5.69 Å². The van der Waals surface area contributed by atoms with Gasteiger partial charge >= 0.3 is 5.97 Å². The number of ether oxygens (including phenoxy) is 3. The molecule has 2 rings (SSSR count). The van der Waals surface area contributed by atoms with E-state index in [1.54, 1.807) is 6.07 Å². The van der Waals surface area contributed by atoms with Gasteiger partial charge < -0.3 is 14.2 Å². The van der Waals surface area contributed by atoms with Gasteiger partial charge in [0.2, 0.25) is 0 Å². The topological polar surface area (TPSA) is 105 Å². The molecule has 0 atom stereocenters. The Hall–Kier alpha value is -3.42. The molecule has 0 unspecified atom stereocenters. The van der Waals surface area contributed by atoms with E-state index in [0.717, 1.165) is 0 Å². The standard InChI is InChI=1S/C19H19NO7/c1-25-17-9-13(10-19(22)27-3)14(11-18(17)26-2)16(21)8-12-6-4-5-7-15(12)20(23)24/h4-7,9,11H,8,10H2,1-3H3. The Morgan fingerprint density at radius 2 is 1.59 bits per heavy atom. The Morgan fingerprint density at radius 1 is 0.963 bits per heavy atom. The van der Waals surface area contributed by atoms with Crippen molar-refractivity contribution in [1.29, 1.82) is 0 Å². The summed E-state index contributed by atoms with van der Waals surface area (Å²) in [6.07, 6.45) is -0.338. The molecule has 0 saturated heterocycles. The number of nitro benzene ring substituents is 1. The number of hydrogen-bond donors (Lipinski definition) is 0. The van der Waals surface area contributed by atoms with E-state index >= 15 is 0 Å². The highest BCUT2D eigenvalue weighted by molar-refractivity contribution is 6.00. The van der Waals surface area contributed by atoms with Crippen LogP contribution in [-0.2, 0) is 22.4 Å². The summed E-state index contributed by atoms with van der Waals surface area (Å²) in [7, 11) is 4.11. The van der Waals surface area contributed by atoms with Crippen LogP contribution in [0.15, 0.2) is 36.4 Å². The van der Waals surface area contributed by atoms with Crippen LogP contribution >= 0.6 is 0 Å². The molecule has 0 N–H and O–H groups in total. The van der Waals surface area contributed by atoms with Gasteiger partial charge in [0.15, 0.2) is 17.3 Å². The number of carbonyl (C=O) groups is 2. The van der Waals surface area contributed by atoms with Crippen LogP contribution in [0.2, 0.25) is 0 Å². The molecule has 0 aliphatic carbocycles. The second-order valence-corrected chi connectivity index (χ2v) is 5.60. The van der Waals surface area contributed by atoms with Crippen LogP contribution in [0.5, 0.6) is 11.5 Å². The van der Waals surface area contributed by atoms with Gasteiger partial charge in [0.05, 0.1) is 32.7 Å². The monoisotopic (exact) mass is 373 g/mol. The molecule has 8 nitrogen and oxygen atoms in total. The third-order valence-corrected chi connectivity index (χ3v) is 4.01. The fourth-order valence-electron chi connectivity index (χ4n) is 2.66. The molecule has 0 saturated carbocycles. The highest BCUT2D eigenvalue weighted by Crippen LogP contribution is 2.32. The first-order valence-electron chi connectivity index (χ1n) is 7.98. The number of esters is 1. The number of nitro groups is 1. The van der Waals surface area contributed by atoms with E-state index in [0.29, 0.717) is 17.1 Å². The molecule has 0 radical (unpaired) electrons. The van der Waals surface area contributed by atoms with E-state index in [9.17, 15) is 19.7 Å². The highest BCUT2D eigenvalue weighted by Gasteiger charge is 2.22. The molecule has 0 aromatic heterocycles. The van der Waals surface area contributed by atoms with Gasteiger partial charge in [0.1, 0.15) is 0 Å². The normalized spacial score (nSPS) is 10.2. The number of para-hydroxylation sites is 1. The molecule has 0 aliphatic heterocycles. The van der Waals surface area contributed by atoms with Gasteiger partial charge in [-0.2, -0.15) is 0 Å². The third kappa shape index (κ3) is 4.60. The van der Waals surface area contributed by atoms with Crippen LogP contribution in [-0.4, -0.2) is 38.0 Å². The van der Waals surface area contributed by atoms with E-state index < -0.39 is 10.9 Å². The second-order valence-electron chi connectivity index (χ2n) is 5.60. The summed E-state index contributed by atoms with van der Waals surface area (Å²) in [5, 5.41) is 11.2. The van der Waals surface area contributed by atoms with Crippen LogP contribution < -0.4 is 9.47 Å². The molecule has 8 heteroatoms. The zero-order chi connectivity index (χ0) is 20.0. The van der Waals surface area contributed by atoms with E-state index in [-0.39, 0.29) is 35.4 Å². The van der Waals surface area contributed by atoms with Gasteiger partial charge in [-0.05, 0) is 17.7 Å². The van der Waals surface area contributed by atoms with Crippen molar-refractivity contribution in [3.63, 3.8) is 0 Å². The largest absolute Gasteiger partial charge is 0.493 e. The number of rotatable bonds is 8. The minimum atomic E-state index is -0.535. The lowest BCUT2D eigenvalue weighted by Crippen LogP contribution is -2.13. The number of nitrogens with zero attached hydrogens (tertiary/aromatic N) is 1. The predicted octanol–water partition coefficient (Wildman–Crippen LogP) is 2.75. The van der Waals surface area contributed by atoms with E-state index in [2.05, 4.69) is 4.74 Å². The zero-order valence-electron chi connectivity index (χ0n) is 15.2. The molecule has 2 aromatic rings. The minimum Gasteiger partial charge on any atom is -0.493 e. The number of benzene rings is 2. The van der Waals surface area contributed by atoms with Gasteiger partial charge in [0, 0.05) is 23.6 Å². The summed E-state index contributed by atoms with van der Waals surface area (Å²) < 4.78 is 15.1. The van der Waals surface area contributed by atoms with Gasteiger partial charge in [-0.15, -0.1) is 0 Å². The maximum absolute atomic E-state index is 12.9. The zero-order valence-corrected chi connectivity index (χ0v) is 15.2. The van der Waals surface area contributed by atoms with E-state index in [4.69, 9.17) is 9.47 Å². The van der Waals surface area contributed by atoms with Crippen molar-refractivity contribution in [2.24, 2.45) is 0 Å². The average Bonchev–Trinajstić information content (AvgIpc) is 2.67. The van der Waals surface area contributed by atoms with E-state index in [1.165, 1.54) is 51.7 Å². The maximum Gasteiger partial charge on any atom is 0.310 e. The van der Waals surface area contributed by atoms with Crippen LogP contribution in [0.3, 0.4) is 0 Å². The smallest absolute Gasteiger partial charge is 0.310 e. The predicted molar refractivity (Wildman–Crippen MR) is 96.4 cm³/mol. The molecular formula is C19H19NO7. The van der Waals surface area contributed by atoms with Gasteiger partial charge in [-0.3, -0.25) is 19.7 Å². The Kier molecular flexibility index (Phi) is 6.48. The van der Waals surface area contributed by atoms with Crippen molar-refractivity contribution in [1.82, 2.24) is 0 Å². The number of ketones is 1. The number of Topliss-reactive ketones (excluding diaryl/α,β-unsaturated/α-hetero) is 1. The fraction of sp³-hybridized carbons (Fsp3) is 0.263. The first kappa shape index (κ1) is 19.9. The van der Waals surface area contributed by atoms with Crippen molar-refractivity contribution in [3.05, 3.63) is 63.2 Å². The first-order chi connectivity index (χ1) is 12.9. The summed E-state index contributed by atoms with van der Waals surface area (Å²) >= 11 is 0. The minimum absolute atomic E-state index is 0.138. The lowest BCUT2D eigenvalue weighted by Gasteiger charge is -2.14. The molecule has 0 fully saturated rings.